The standard InChI is InChI=1S/C14H20N2O3/c1-10-3-5-12(6-4-10)15-14(18)16-7-11(2)19-13(8-16)9-17/h3-6,11,13,17H,7-9H2,1-2H3,(H,15,18). The van der Waals surface area contributed by atoms with Crippen molar-refractivity contribution in [3.05, 3.63) is 29.8 Å². The molecule has 5 nitrogen and oxygen atoms in total. The first-order chi connectivity index (χ1) is 9.08. The highest BCUT2D eigenvalue weighted by Crippen LogP contribution is 2.14. The summed E-state index contributed by atoms with van der Waals surface area (Å²) in [6, 6.07) is 7.50. The van der Waals surface area contributed by atoms with Crippen LogP contribution in [0.25, 0.3) is 0 Å². The van der Waals surface area contributed by atoms with E-state index in [1.54, 1.807) is 4.90 Å². The van der Waals surface area contributed by atoms with E-state index in [1.165, 1.54) is 0 Å². The van der Waals surface area contributed by atoms with E-state index in [0.717, 1.165) is 11.3 Å². The van der Waals surface area contributed by atoms with Crippen molar-refractivity contribution in [2.24, 2.45) is 0 Å². The Morgan fingerprint density at radius 3 is 2.74 bits per heavy atom. The van der Waals surface area contributed by atoms with Crippen LogP contribution in [-0.4, -0.2) is 47.9 Å². The zero-order valence-electron chi connectivity index (χ0n) is 11.3. The Balaban J connectivity index is 1.97. The van der Waals surface area contributed by atoms with Gasteiger partial charge >= 0.3 is 6.03 Å². The van der Waals surface area contributed by atoms with Crippen LogP contribution in [0.1, 0.15) is 12.5 Å². The third-order valence-corrected chi connectivity index (χ3v) is 3.12. The van der Waals surface area contributed by atoms with Crippen molar-refractivity contribution in [1.29, 1.82) is 0 Å². The van der Waals surface area contributed by atoms with Gasteiger partial charge in [0, 0.05) is 12.2 Å². The van der Waals surface area contributed by atoms with E-state index in [1.807, 2.05) is 38.1 Å². The number of amides is 2. The molecule has 0 aromatic heterocycles. The third kappa shape index (κ3) is 3.68. The van der Waals surface area contributed by atoms with Crippen LogP contribution < -0.4 is 5.32 Å². The highest BCUT2D eigenvalue weighted by atomic mass is 16.5. The molecule has 2 atom stereocenters. The summed E-state index contributed by atoms with van der Waals surface area (Å²) in [6.07, 6.45) is -0.359. The van der Waals surface area contributed by atoms with Gasteiger partial charge in [0.25, 0.3) is 0 Å². The number of nitrogens with zero attached hydrogens (tertiary/aromatic N) is 1. The molecule has 1 aromatic rings. The van der Waals surface area contributed by atoms with Crippen LogP contribution in [0, 0.1) is 6.92 Å². The lowest BCUT2D eigenvalue weighted by molar-refractivity contribution is -0.0822. The second-order valence-electron chi connectivity index (χ2n) is 4.95. The number of ether oxygens (including phenoxy) is 1. The predicted molar refractivity (Wildman–Crippen MR) is 73.2 cm³/mol. The maximum atomic E-state index is 12.1. The molecule has 0 aliphatic carbocycles. The van der Waals surface area contributed by atoms with Crippen LogP contribution in [-0.2, 0) is 4.74 Å². The van der Waals surface area contributed by atoms with Gasteiger partial charge in [-0.25, -0.2) is 4.79 Å². The number of hydrogen-bond donors (Lipinski definition) is 2. The summed E-state index contributed by atoms with van der Waals surface area (Å²) in [6.45, 7) is 4.78. The molecule has 5 heteroatoms. The molecule has 19 heavy (non-hydrogen) atoms. The molecule has 1 aliphatic rings. The van der Waals surface area contributed by atoms with Crippen molar-refractivity contribution in [3.63, 3.8) is 0 Å². The van der Waals surface area contributed by atoms with Gasteiger partial charge < -0.3 is 20.1 Å². The van der Waals surface area contributed by atoms with Gasteiger partial charge in [-0.3, -0.25) is 0 Å². The summed E-state index contributed by atoms with van der Waals surface area (Å²) < 4.78 is 5.51. The van der Waals surface area contributed by atoms with Crippen molar-refractivity contribution < 1.29 is 14.6 Å². The van der Waals surface area contributed by atoms with E-state index in [9.17, 15) is 4.79 Å². The topological polar surface area (TPSA) is 61.8 Å². The summed E-state index contributed by atoms with van der Waals surface area (Å²) in [5.41, 5.74) is 1.92. The molecule has 2 rings (SSSR count). The molecular formula is C14H20N2O3. The first kappa shape index (κ1) is 13.8. The predicted octanol–water partition coefficient (Wildman–Crippen LogP) is 1.61. The summed E-state index contributed by atoms with van der Waals surface area (Å²) in [5, 5.41) is 12.0. The molecule has 2 unspecified atom stereocenters. The molecule has 2 N–H and O–H groups in total. The van der Waals surface area contributed by atoms with Crippen LogP contribution >= 0.6 is 0 Å². The minimum Gasteiger partial charge on any atom is -0.394 e. The molecule has 0 radical (unpaired) electrons. The normalized spacial score (nSPS) is 23.2. The number of carbonyl (C=O) groups is 1. The maximum absolute atomic E-state index is 12.1. The van der Waals surface area contributed by atoms with Gasteiger partial charge in [0.05, 0.1) is 25.4 Å². The lowest BCUT2D eigenvalue weighted by atomic mass is 10.2. The SMILES string of the molecule is Cc1ccc(NC(=O)N2CC(C)OC(CO)C2)cc1. The summed E-state index contributed by atoms with van der Waals surface area (Å²) in [7, 11) is 0. The Labute approximate surface area is 113 Å². The monoisotopic (exact) mass is 264 g/mol. The van der Waals surface area contributed by atoms with Gasteiger partial charge in [-0.2, -0.15) is 0 Å². The number of aryl methyl sites for hydroxylation is 1. The van der Waals surface area contributed by atoms with Gasteiger partial charge in [0.15, 0.2) is 0 Å². The number of benzene rings is 1. The third-order valence-electron chi connectivity index (χ3n) is 3.12. The Kier molecular flexibility index (Phi) is 4.39. The van der Waals surface area contributed by atoms with Gasteiger partial charge in [0.2, 0.25) is 0 Å². The van der Waals surface area contributed by atoms with Crippen LogP contribution in [0.5, 0.6) is 0 Å². The first-order valence-electron chi connectivity index (χ1n) is 6.47. The van der Waals surface area contributed by atoms with Gasteiger partial charge in [-0.1, -0.05) is 17.7 Å². The fourth-order valence-corrected chi connectivity index (χ4v) is 2.15. The fourth-order valence-electron chi connectivity index (χ4n) is 2.15. The molecule has 0 spiro atoms. The van der Waals surface area contributed by atoms with E-state index in [2.05, 4.69) is 5.32 Å². The van der Waals surface area contributed by atoms with Gasteiger partial charge in [-0.15, -0.1) is 0 Å². The highest BCUT2D eigenvalue weighted by molar-refractivity contribution is 5.89. The Morgan fingerprint density at radius 2 is 2.11 bits per heavy atom. The average molecular weight is 264 g/mol. The fraction of sp³-hybridized carbons (Fsp3) is 0.500. The van der Waals surface area contributed by atoms with E-state index >= 15 is 0 Å². The van der Waals surface area contributed by atoms with Gasteiger partial charge in [-0.05, 0) is 26.0 Å². The number of nitrogens with one attached hydrogen (secondary N) is 1. The van der Waals surface area contributed by atoms with Crippen molar-refractivity contribution in [1.82, 2.24) is 4.90 Å². The van der Waals surface area contributed by atoms with Crippen molar-refractivity contribution >= 4 is 11.7 Å². The number of anilines is 1. The molecule has 1 saturated heterocycles. The number of morpholine rings is 1. The Bertz CT molecular complexity index is 433. The molecule has 1 aromatic carbocycles. The molecule has 104 valence electrons. The maximum Gasteiger partial charge on any atom is 0.322 e. The molecule has 0 saturated carbocycles. The van der Waals surface area contributed by atoms with Crippen LogP contribution in [0.15, 0.2) is 24.3 Å². The largest absolute Gasteiger partial charge is 0.394 e. The van der Waals surface area contributed by atoms with Crippen molar-refractivity contribution in [3.8, 4) is 0 Å². The summed E-state index contributed by atoms with van der Waals surface area (Å²) in [5.74, 6) is 0. The lowest BCUT2D eigenvalue weighted by Crippen LogP contribution is -2.51. The summed E-state index contributed by atoms with van der Waals surface area (Å²) >= 11 is 0. The van der Waals surface area contributed by atoms with E-state index in [0.29, 0.717) is 13.1 Å². The quantitative estimate of drug-likeness (QED) is 0.853. The number of hydrogen-bond acceptors (Lipinski definition) is 3. The van der Waals surface area contributed by atoms with Crippen LogP contribution in [0.2, 0.25) is 0 Å². The zero-order valence-corrected chi connectivity index (χ0v) is 11.3. The lowest BCUT2D eigenvalue weighted by Gasteiger charge is -2.36. The second-order valence-corrected chi connectivity index (χ2v) is 4.95. The number of carbonyl (C=O) groups excluding carboxylic acids is 1. The number of urea groups is 1. The first-order valence-corrected chi connectivity index (χ1v) is 6.47. The smallest absolute Gasteiger partial charge is 0.322 e. The van der Waals surface area contributed by atoms with E-state index in [-0.39, 0.29) is 24.8 Å². The molecule has 2 amide bonds. The molecule has 1 heterocycles. The van der Waals surface area contributed by atoms with Crippen molar-refractivity contribution in [2.75, 3.05) is 25.0 Å². The molecule has 1 aliphatic heterocycles. The number of aliphatic hydroxyl groups excluding tert-OH is 1. The Morgan fingerprint density at radius 1 is 1.42 bits per heavy atom. The second kappa shape index (κ2) is 6.04. The van der Waals surface area contributed by atoms with Crippen LogP contribution in [0.4, 0.5) is 10.5 Å². The van der Waals surface area contributed by atoms with E-state index < -0.39 is 0 Å². The van der Waals surface area contributed by atoms with Crippen molar-refractivity contribution in [2.45, 2.75) is 26.1 Å². The molecule has 0 bridgehead atoms. The number of rotatable bonds is 2. The molecular weight excluding hydrogens is 244 g/mol. The van der Waals surface area contributed by atoms with Crippen LogP contribution in [0.3, 0.4) is 0 Å². The highest BCUT2D eigenvalue weighted by Gasteiger charge is 2.27. The minimum atomic E-state index is -0.299. The average Bonchev–Trinajstić information content (AvgIpc) is 2.40. The van der Waals surface area contributed by atoms with Gasteiger partial charge in [0.1, 0.15) is 0 Å². The van der Waals surface area contributed by atoms with E-state index in [4.69, 9.17) is 9.84 Å². The molecule has 1 fully saturated rings. The zero-order chi connectivity index (χ0) is 13.8. The summed E-state index contributed by atoms with van der Waals surface area (Å²) in [4.78, 5) is 13.8. The Hall–Kier alpha value is -1.59. The minimum absolute atomic E-state index is 0.0605. The number of aliphatic hydroxyl groups is 1.